The normalized spacial score (nSPS) is 8.27. The molecule has 0 saturated heterocycles. The van der Waals surface area contributed by atoms with E-state index in [0.29, 0.717) is 11.7 Å². The van der Waals surface area contributed by atoms with E-state index in [-0.39, 0.29) is 6.42 Å². The molecule has 5 heteroatoms. The molecule has 0 saturated carbocycles. The van der Waals surface area contributed by atoms with Crippen LogP contribution in [-0.2, 0) is 11.2 Å². The lowest BCUT2D eigenvalue weighted by atomic mass is 10.5. The smallest absolute Gasteiger partial charge is 0.223 e. The highest BCUT2D eigenvalue weighted by molar-refractivity contribution is 5.52. The summed E-state index contributed by atoms with van der Waals surface area (Å²) in [5, 5.41) is 10.5. The SMILES string of the molecule is CO.Cc1nc(CC=O)no1. The number of aryl methyl sites for hydroxylation is 1. The number of carbonyl (C=O) groups excluding carboxylic acids is 1. The molecule has 11 heavy (non-hydrogen) atoms. The third kappa shape index (κ3) is 3.47. The molecule has 0 atom stereocenters. The molecule has 0 aliphatic carbocycles. The second-order valence-electron chi connectivity index (χ2n) is 1.60. The highest BCUT2D eigenvalue weighted by Gasteiger charge is 1.98. The summed E-state index contributed by atoms with van der Waals surface area (Å²) in [5.74, 6) is 0.939. The molecule has 0 aliphatic rings. The van der Waals surface area contributed by atoms with Gasteiger partial charge in [-0.1, -0.05) is 5.16 Å². The molecule has 5 nitrogen and oxygen atoms in total. The molecular weight excluding hydrogens is 148 g/mol. The largest absolute Gasteiger partial charge is 0.400 e. The van der Waals surface area contributed by atoms with Crippen LogP contribution in [0.5, 0.6) is 0 Å². The fourth-order valence-corrected chi connectivity index (χ4v) is 0.499. The Morgan fingerprint density at radius 2 is 2.27 bits per heavy atom. The molecule has 0 spiro atoms. The van der Waals surface area contributed by atoms with E-state index in [2.05, 4.69) is 14.7 Å². The minimum atomic E-state index is 0.233. The van der Waals surface area contributed by atoms with E-state index in [1.807, 2.05) is 0 Å². The second kappa shape index (κ2) is 5.55. The molecular formula is C6H10N2O3. The number of hydrogen-bond acceptors (Lipinski definition) is 5. The Morgan fingerprint density at radius 3 is 2.64 bits per heavy atom. The van der Waals surface area contributed by atoms with Crippen LogP contribution in [0.3, 0.4) is 0 Å². The number of aliphatic hydroxyl groups is 1. The first kappa shape index (κ1) is 9.77. The van der Waals surface area contributed by atoms with Gasteiger partial charge in [0.2, 0.25) is 5.89 Å². The molecule has 0 unspecified atom stereocenters. The predicted molar refractivity (Wildman–Crippen MR) is 36.9 cm³/mol. The van der Waals surface area contributed by atoms with Crippen molar-refractivity contribution in [3.63, 3.8) is 0 Å². The van der Waals surface area contributed by atoms with Crippen molar-refractivity contribution in [3.8, 4) is 0 Å². The average Bonchev–Trinajstić information content (AvgIpc) is 2.41. The lowest BCUT2D eigenvalue weighted by Gasteiger charge is -1.73. The lowest BCUT2D eigenvalue weighted by molar-refractivity contribution is -0.107. The van der Waals surface area contributed by atoms with Gasteiger partial charge < -0.3 is 14.4 Å². The molecule has 1 heterocycles. The van der Waals surface area contributed by atoms with Crippen molar-refractivity contribution in [2.24, 2.45) is 0 Å². The summed E-state index contributed by atoms with van der Waals surface area (Å²) < 4.78 is 4.60. The highest BCUT2D eigenvalue weighted by atomic mass is 16.5. The van der Waals surface area contributed by atoms with Crippen LogP contribution in [0.2, 0.25) is 0 Å². The van der Waals surface area contributed by atoms with E-state index in [9.17, 15) is 4.79 Å². The van der Waals surface area contributed by atoms with Gasteiger partial charge in [0, 0.05) is 14.0 Å². The van der Waals surface area contributed by atoms with Crippen LogP contribution in [-0.4, -0.2) is 28.6 Å². The fourth-order valence-electron chi connectivity index (χ4n) is 0.499. The van der Waals surface area contributed by atoms with Gasteiger partial charge in [0.25, 0.3) is 0 Å². The molecule has 0 aliphatic heterocycles. The van der Waals surface area contributed by atoms with Crippen LogP contribution in [0.15, 0.2) is 4.52 Å². The zero-order valence-corrected chi connectivity index (χ0v) is 6.44. The van der Waals surface area contributed by atoms with Gasteiger partial charge in [0.05, 0.1) is 6.42 Å². The zero-order valence-electron chi connectivity index (χ0n) is 6.44. The molecule has 1 rings (SSSR count). The van der Waals surface area contributed by atoms with Crippen molar-refractivity contribution in [2.45, 2.75) is 13.3 Å². The topological polar surface area (TPSA) is 76.2 Å². The van der Waals surface area contributed by atoms with E-state index in [1.54, 1.807) is 6.92 Å². The number of aliphatic hydroxyl groups excluding tert-OH is 1. The van der Waals surface area contributed by atoms with E-state index >= 15 is 0 Å². The van der Waals surface area contributed by atoms with Crippen molar-refractivity contribution < 1.29 is 14.4 Å². The van der Waals surface area contributed by atoms with Crippen LogP contribution in [0.1, 0.15) is 11.7 Å². The number of nitrogens with zero attached hydrogens (tertiary/aromatic N) is 2. The third-order valence-electron chi connectivity index (χ3n) is 0.836. The Morgan fingerprint density at radius 1 is 1.64 bits per heavy atom. The van der Waals surface area contributed by atoms with Crippen molar-refractivity contribution in [2.75, 3.05) is 7.11 Å². The molecule has 1 aromatic heterocycles. The molecule has 1 aromatic rings. The summed E-state index contributed by atoms with van der Waals surface area (Å²) in [5.41, 5.74) is 0. The van der Waals surface area contributed by atoms with Gasteiger partial charge in [-0.15, -0.1) is 0 Å². The maximum Gasteiger partial charge on any atom is 0.223 e. The molecule has 62 valence electrons. The molecule has 0 amide bonds. The van der Waals surface area contributed by atoms with Gasteiger partial charge in [-0.25, -0.2) is 0 Å². The zero-order chi connectivity index (χ0) is 8.69. The minimum Gasteiger partial charge on any atom is -0.400 e. The predicted octanol–water partition coefficient (Wildman–Crippen LogP) is -0.272. The standard InChI is InChI=1S/C5H6N2O2.CH4O/c1-4-6-5(2-3-8)7-9-4;1-2/h3H,2H2,1H3;2H,1H3. The summed E-state index contributed by atoms with van der Waals surface area (Å²) in [6.45, 7) is 1.68. The first-order valence-corrected chi connectivity index (χ1v) is 3.00. The van der Waals surface area contributed by atoms with Gasteiger partial charge in [-0.2, -0.15) is 4.98 Å². The number of rotatable bonds is 2. The van der Waals surface area contributed by atoms with E-state index in [1.165, 1.54) is 0 Å². The average molecular weight is 158 g/mol. The van der Waals surface area contributed by atoms with Crippen LogP contribution in [0.4, 0.5) is 0 Å². The summed E-state index contributed by atoms with van der Waals surface area (Å²) in [7, 11) is 1.00. The van der Waals surface area contributed by atoms with Crippen LogP contribution in [0, 0.1) is 6.92 Å². The van der Waals surface area contributed by atoms with Crippen LogP contribution in [0.25, 0.3) is 0 Å². The van der Waals surface area contributed by atoms with Gasteiger partial charge in [0.15, 0.2) is 5.82 Å². The molecule has 0 fully saturated rings. The second-order valence-corrected chi connectivity index (χ2v) is 1.60. The number of aromatic nitrogens is 2. The maximum atomic E-state index is 9.86. The fraction of sp³-hybridized carbons (Fsp3) is 0.500. The van der Waals surface area contributed by atoms with E-state index in [4.69, 9.17) is 5.11 Å². The Balaban J connectivity index is 0.000000461. The highest BCUT2D eigenvalue weighted by Crippen LogP contribution is 1.92. The van der Waals surface area contributed by atoms with Crippen molar-refractivity contribution >= 4 is 6.29 Å². The Hall–Kier alpha value is -1.23. The van der Waals surface area contributed by atoms with Crippen LogP contribution < -0.4 is 0 Å². The lowest BCUT2D eigenvalue weighted by Crippen LogP contribution is -1.87. The quantitative estimate of drug-likeness (QED) is 0.599. The van der Waals surface area contributed by atoms with Gasteiger partial charge in [-0.3, -0.25) is 0 Å². The number of hydrogen-bond donors (Lipinski definition) is 1. The van der Waals surface area contributed by atoms with Crippen LogP contribution >= 0.6 is 0 Å². The maximum absolute atomic E-state index is 9.86. The number of aldehydes is 1. The van der Waals surface area contributed by atoms with Gasteiger partial charge in [-0.05, 0) is 0 Å². The first-order chi connectivity index (χ1) is 5.33. The Labute approximate surface area is 64.0 Å². The summed E-state index contributed by atoms with van der Waals surface area (Å²) >= 11 is 0. The van der Waals surface area contributed by atoms with Crippen molar-refractivity contribution in [1.29, 1.82) is 0 Å². The number of carbonyl (C=O) groups is 1. The minimum absolute atomic E-state index is 0.233. The van der Waals surface area contributed by atoms with Gasteiger partial charge >= 0.3 is 0 Å². The molecule has 0 radical (unpaired) electrons. The molecule has 1 N–H and O–H groups in total. The van der Waals surface area contributed by atoms with Gasteiger partial charge in [0.1, 0.15) is 6.29 Å². The summed E-state index contributed by atoms with van der Waals surface area (Å²) in [4.78, 5) is 13.7. The third-order valence-corrected chi connectivity index (χ3v) is 0.836. The first-order valence-electron chi connectivity index (χ1n) is 3.00. The summed E-state index contributed by atoms with van der Waals surface area (Å²) in [6.07, 6.45) is 0.974. The van der Waals surface area contributed by atoms with E-state index < -0.39 is 0 Å². The molecule has 0 aromatic carbocycles. The van der Waals surface area contributed by atoms with Crippen molar-refractivity contribution in [1.82, 2.24) is 10.1 Å². The van der Waals surface area contributed by atoms with E-state index in [0.717, 1.165) is 13.4 Å². The Kier molecular flexibility index (Phi) is 4.93. The molecule has 0 bridgehead atoms. The summed E-state index contributed by atoms with van der Waals surface area (Å²) in [6, 6.07) is 0. The Bertz CT molecular complexity index is 209. The monoisotopic (exact) mass is 158 g/mol. The van der Waals surface area contributed by atoms with Crippen molar-refractivity contribution in [3.05, 3.63) is 11.7 Å².